The minimum absolute atomic E-state index is 0.208. The highest BCUT2D eigenvalue weighted by Gasteiger charge is 2.20. The Morgan fingerprint density at radius 3 is 2.74 bits per heavy atom. The van der Waals surface area contributed by atoms with Gasteiger partial charge in [-0.1, -0.05) is 11.6 Å². The van der Waals surface area contributed by atoms with Gasteiger partial charge in [0.2, 0.25) is 0 Å². The van der Waals surface area contributed by atoms with E-state index in [9.17, 15) is 9.18 Å². The third kappa shape index (κ3) is 2.77. The van der Waals surface area contributed by atoms with Gasteiger partial charge in [-0.05, 0) is 45.0 Å². The van der Waals surface area contributed by atoms with Crippen LogP contribution in [0.5, 0.6) is 0 Å². The molecule has 0 radical (unpaired) electrons. The van der Waals surface area contributed by atoms with E-state index in [-0.39, 0.29) is 10.7 Å². The number of benzene rings is 1. The molecule has 1 aromatic carbocycles. The Bertz CT molecular complexity index is 935. The van der Waals surface area contributed by atoms with Gasteiger partial charge in [0.05, 0.1) is 16.4 Å². The van der Waals surface area contributed by atoms with E-state index in [4.69, 9.17) is 11.6 Å². The average molecular weight is 333 g/mol. The Kier molecular flexibility index (Phi) is 3.77. The van der Waals surface area contributed by atoms with Crippen molar-refractivity contribution in [1.82, 2.24) is 14.6 Å². The highest BCUT2D eigenvalue weighted by atomic mass is 35.5. The summed E-state index contributed by atoms with van der Waals surface area (Å²) in [5.74, 6) is -0.909. The SMILES string of the molecule is Cc1cc(C)n2nc(C)c(C(=O)Nc3cc(F)ccc3Cl)c2n1. The van der Waals surface area contributed by atoms with E-state index in [0.717, 1.165) is 11.4 Å². The van der Waals surface area contributed by atoms with Gasteiger partial charge in [-0.3, -0.25) is 4.79 Å². The summed E-state index contributed by atoms with van der Waals surface area (Å²) in [5.41, 5.74) is 3.21. The van der Waals surface area contributed by atoms with Gasteiger partial charge in [0.25, 0.3) is 5.91 Å². The first-order chi connectivity index (χ1) is 10.9. The molecule has 0 fully saturated rings. The van der Waals surface area contributed by atoms with Crippen LogP contribution in [-0.2, 0) is 0 Å². The zero-order chi connectivity index (χ0) is 16.7. The summed E-state index contributed by atoms with van der Waals surface area (Å²) in [6.07, 6.45) is 0. The van der Waals surface area contributed by atoms with Gasteiger partial charge in [-0.2, -0.15) is 5.10 Å². The molecule has 0 unspecified atom stereocenters. The molecule has 0 aliphatic carbocycles. The van der Waals surface area contributed by atoms with E-state index >= 15 is 0 Å². The standard InChI is InChI=1S/C16H14ClFN4O/c1-8-6-9(2)22-15(19-8)14(10(3)21-22)16(23)20-13-7-11(18)4-5-12(13)17/h4-7H,1-3H3,(H,20,23). The maximum atomic E-state index is 13.3. The summed E-state index contributed by atoms with van der Waals surface area (Å²) in [6, 6.07) is 5.67. The normalized spacial score (nSPS) is 11.0. The van der Waals surface area contributed by atoms with Crippen LogP contribution in [0.1, 0.15) is 27.4 Å². The average Bonchev–Trinajstić information content (AvgIpc) is 2.79. The van der Waals surface area contributed by atoms with Crippen LogP contribution in [0, 0.1) is 26.6 Å². The fourth-order valence-corrected chi connectivity index (χ4v) is 2.64. The molecule has 3 rings (SSSR count). The number of nitrogens with zero attached hydrogens (tertiary/aromatic N) is 3. The molecule has 1 N–H and O–H groups in total. The molecule has 0 saturated carbocycles. The van der Waals surface area contributed by atoms with Crippen molar-refractivity contribution in [2.24, 2.45) is 0 Å². The number of fused-ring (bicyclic) bond motifs is 1. The predicted molar refractivity (Wildman–Crippen MR) is 86.6 cm³/mol. The number of hydrogen-bond donors (Lipinski definition) is 1. The number of carbonyl (C=O) groups is 1. The van der Waals surface area contributed by atoms with Crippen molar-refractivity contribution >= 4 is 28.8 Å². The zero-order valence-corrected chi connectivity index (χ0v) is 13.6. The summed E-state index contributed by atoms with van der Waals surface area (Å²) in [7, 11) is 0. The molecule has 1 amide bonds. The second-order valence-electron chi connectivity index (χ2n) is 5.31. The third-order valence-corrected chi connectivity index (χ3v) is 3.80. The summed E-state index contributed by atoms with van der Waals surface area (Å²) in [5, 5.41) is 7.22. The molecule has 3 aromatic rings. The Morgan fingerprint density at radius 1 is 1.26 bits per heavy atom. The van der Waals surface area contributed by atoms with Crippen LogP contribution < -0.4 is 5.32 Å². The molecule has 0 spiro atoms. The molecule has 0 aliphatic rings. The fraction of sp³-hybridized carbons (Fsp3) is 0.188. The first-order valence-corrected chi connectivity index (χ1v) is 7.34. The molecule has 5 nitrogen and oxygen atoms in total. The van der Waals surface area contributed by atoms with Gasteiger partial charge >= 0.3 is 0 Å². The summed E-state index contributed by atoms with van der Waals surface area (Å²) >= 11 is 5.99. The molecular weight excluding hydrogens is 319 g/mol. The fourth-order valence-electron chi connectivity index (χ4n) is 2.47. The van der Waals surface area contributed by atoms with E-state index in [1.807, 2.05) is 19.9 Å². The zero-order valence-electron chi connectivity index (χ0n) is 12.8. The minimum Gasteiger partial charge on any atom is -0.320 e. The van der Waals surface area contributed by atoms with Gasteiger partial charge in [-0.15, -0.1) is 0 Å². The van der Waals surface area contributed by atoms with Crippen molar-refractivity contribution in [2.45, 2.75) is 20.8 Å². The number of rotatable bonds is 2. The minimum atomic E-state index is -0.480. The lowest BCUT2D eigenvalue weighted by molar-refractivity contribution is 0.102. The molecule has 2 heterocycles. The summed E-state index contributed by atoms with van der Waals surface area (Å²) in [4.78, 5) is 17.0. The van der Waals surface area contributed by atoms with Gasteiger partial charge in [-0.25, -0.2) is 13.9 Å². The van der Waals surface area contributed by atoms with Crippen molar-refractivity contribution in [3.63, 3.8) is 0 Å². The van der Waals surface area contributed by atoms with E-state index < -0.39 is 11.7 Å². The van der Waals surface area contributed by atoms with Gasteiger partial charge in [0, 0.05) is 11.4 Å². The van der Waals surface area contributed by atoms with Gasteiger partial charge in [0.15, 0.2) is 5.65 Å². The molecule has 23 heavy (non-hydrogen) atoms. The second-order valence-corrected chi connectivity index (χ2v) is 5.72. The first kappa shape index (κ1) is 15.4. The van der Waals surface area contributed by atoms with Crippen molar-refractivity contribution < 1.29 is 9.18 Å². The van der Waals surface area contributed by atoms with Gasteiger partial charge < -0.3 is 5.32 Å². The largest absolute Gasteiger partial charge is 0.320 e. The van der Waals surface area contributed by atoms with E-state index in [1.54, 1.807) is 11.4 Å². The topological polar surface area (TPSA) is 59.3 Å². The van der Waals surface area contributed by atoms with E-state index in [2.05, 4.69) is 15.4 Å². The molecular formula is C16H14ClFN4O. The Hall–Kier alpha value is -2.47. The highest BCUT2D eigenvalue weighted by molar-refractivity contribution is 6.34. The number of halogens is 2. The smallest absolute Gasteiger partial charge is 0.261 e. The van der Waals surface area contributed by atoms with Crippen molar-refractivity contribution in [3.05, 3.63) is 57.8 Å². The van der Waals surface area contributed by atoms with Crippen LogP contribution in [0.3, 0.4) is 0 Å². The highest BCUT2D eigenvalue weighted by Crippen LogP contribution is 2.24. The second kappa shape index (κ2) is 5.62. The van der Waals surface area contributed by atoms with Crippen LogP contribution in [0.15, 0.2) is 24.3 Å². The van der Waals surface area contributed by atoms with Crippen molar-refractivity contribution in [2.75, 3.05) is 5.32 Å². The number of carbonyl (C=O) groups excluding carboxylic acids is 1. The Labute approximate surface area is 137 Å². The molecule has 7 heteroatoms. The van der Waals surface area contributed by atoms with Crippen LogP contribution in [0.25, 0.3) is 5.65 Å². The van der Waals surface area contributed by atoms with Crippen LogP contribution >= 0.6 is 11.6 Å². The summed E-state index contributed by atoms with van der Waals surface area (Å²) in [6.45, 7) is 5.46. The summed E-state index contributed by atoms with van der Waals surface area (Å²) < 4.78 is 15.0. The Morgan fingerprint density at radius 2 is 2.00 bits per heavy atom. The quantitative estimate of drug-likeness (QED) is 0.778. The molecule has 118 valence electrons. The Balaban J connectivity index is 2.08. The maximum absolute atomic E-state index is 13.3. The first-order valence-electron chi connectivity index (χ1n) is 6.97. The number of anilines is 1. The lowest BCUT2D eigenvalue weighted by atomic mass is 10.2. The molecule has 0 bridgehead atoms. The van der Waals surface area contributed by atoms with Crippen LogP contribution in [0.4, 0.5) is 10.1 Å². The van der Waals surface area contributed by atoms with E-state index in [0.29, 0.717) is 16.9 Å². The maximum Gasteiger partial charge on any atom is 0.261 e. The molecule has 2 aromatic heterocycles. The number of nitrogens with one attached hydrogen (secondary N) is 1. The predicted octanol–water partition coefficient (Wildman–Crippen LogP) is 3.70. The van der Waals surface area contributed by atoms with Crippen LogP contribution in [0.2, 0.25) is 5.02 Å². The molecule has 0 aliphatic heterocycles. The molecule has 0 saturated heterocycles. The lowest BCUT2D eigenvalue weighted by Crippen LogP contribution is -2.14. The van der Waals surface area contributed by atoms with Crippen LogP contribution in [-0.4, -0.2) is 20.5 Å². The van der Waals surface area contributed by atoms with Crippen molar-refractivity contribution in [3.8, 4) is 0 Å². The third-order valence-electron chi connectivity index (χ3n) is 3.47. The number of aromatic nitrogens is 3. The molecule has 0 atom stereocenters. The monoisotopic (exact) mass is 332 g/mol. The number of hydrogen-bond acceptors (Lipinski definition) is 3. The number of amides is 1. The van der Waals surface area contributed by atoms with Gasteiger partial charge in [0.1, 0.15) is 11.4 Å². The van der Waals surface area contributed by atoms with E-state index in [1.165, 1.54) is 18.2 Å². The number of aryl methyl sites for hydroxylation is 3. The van der Waals surface area contributed by atoms with Crippen molar-refractivity contribution in [1.29, 1.82) is 0 Å². The lowest BCUT2D eigenvalue weighted by Gasteiger charge is -2.07.